The van der Waals surface area contributed by atoms with Crippen LogP contribution >= 0.6 is 44.1 Å². The second kappa shape index (κ2) is 8.33. The molecule has 1 heterocycles. The highest BCUT2D eigenvalue weighted by molar-refractivity contribution is 9.10. The summed E-state index contributed by atoms with van der Waals surface area (Å²) < 4.78 is 7.37. The standard InChI is InChI=1S/C19H14Br2N2O3S/c1-26-16-8-10(6-13-17(24)22-19(27)23-18(13)25)7-15(21)12(16)9-11-4-2-3-5-14(11)20/h2-8H,9H2,1H3,(H2,22,23,24,25,27). The number of ether oxygens (including phenoxy) is 1. The lowest BCUT2D eigenvalue weighted by molar-refractivity contribution is -0.123. The van der Waals surface area contributed by atoms with E-state index in [4.69, 9.17) is 17.0 Å². The van der Waals surface area contributed by atoms with Gasteiger partial charge in [-0.2, -0.15) is 0 Å². The number of methoxy groups -OCH3 is 1. The van der Waals surface area contributed by atoms with Crippen LogP contribution in [0.1, 0.15) is 16.7 Å². The Morgan fingerprint density at radius 3 is 2.37 bits per heavy atom. The van der Waals surface area contributed by atoms with Crippen molar-refractivity contribution >= 4 is 67.1 Å². The fourth-order valence-electron chi connectivity index (χ4n) is 2.67. The van der Waals surface area contributed by atoms with Crippen molar-refractivity contribution in [3.05, 3.63) is 67.6 Å². The molecule has 0 saturated carbocycles. The Kier molecular flexibility index (Phi) is 6.08. The molecule has 5 nitrogen and oxygen atoms in total. The molecule has 0 atom stereocenters. The van der Waals surface area contributed by atoms with Crippen LogP contribution in [0, 0.1) is 0 Å². The van der Waals surface area contributed by atoms with Gasteiger partial charge in [-0.3, -0.25) is 20.2 Å². The predicted molar refractivity (Wildman–Crippen MR) is 115 cm³/mol. The number of amides is 2. The van der Waals surface area contributed by atoms with E-state index < -0.39 is 11.8 Å². The van der Waals surface area contributed by atoms with Crippen LogP contribution in [0.4, 0.5) is 0 Å². The van der Waals surface area contributed by atoms with E-state index in [0.29, 0.717) is 17.7 Å². The van der Waals surface area contributed by atoms with Crippen LogP contribution < -0.4 is 15.4 Å². The zero-order valence-corrected chi connectivity index (χ0v) is 18.1. The molecule has 138 valence electrons. The maximum absolute atomic E-state index is 12.0. The van der Waals surface area contributed by atoms with Crippen molar-refractivity contribution in [1.82, 2.24) is 10.6 Å². The highest BCUT2D eigenvalue weighted by Crippen LogP contribution is 2.33. The summed E-state index contributed by atoms with van der Waals surface area (Å²) in [5.41, 5.74) is 2.71. The third-order valence-electron chi connectivity index (χ3n) is 3.98. The third kappa shape index (κ3) is 4.45. The number of carbonyl (C=O) groups excluding carboxylic acids is 2. The molecular formula is C19H14Br2N2O3S. The fourth-order valence-corrected chi connectivity index (χ4v) is 3.88. The van der Waals surface area contributed by atoms with Crippen molar-refractivity contribution in [1.29, 1.82) is 0 Å². The average molecular weight is 510 g/mol. The van der Waals surface area contributed by atoms with Gasteiger partial charge < -0.3 is 4.74 Å². The molecule has 2 N–H and O–H groups in total. The minimum atomic E-state index is -0.531. The summed E-state index contributed by atoms with van der Waals surface area (Å²) in [6.45, 7) is 0. The second-order valence-corrected chi connectivity index (χ2v) is 7.86. The molecule has 0 unspecified atom stereocenters. The summed E-state index contributed by atoms with van der Waals surface area (Å²) in [4.78, 5) is 24.1. The van der Waals surface area contributed by atoms with E-state index in [2.05, 4.69) is 42.5 Å². The zero-order valence-electron chi connectivity index (χ0n) is 14.1. The van der Waals surface area contributed by atoms with Gasteiger partial charge in [0.25, 0.3) is 11.8 Å². The first-order valence-electron chi connectivity index (χ1n) is 7.87. The number of hydrogen-bond acceptors (Lipinski definition) is 4. The Morgan fingerprint density at radius 1 is 1.07 bits per heavy atom. The Morgan fingerprint density at radius 2 is 1.74 bits per heavy atom. The van der Waals surface area contributed by atoms with E-state index in [1.165, 1.54) is 6.08 Å². The van der Waals surface area contributed by atoms with Gasteiger partial charge in [-0.15, -0.1) is 0 Å². The minimum absolute atomic E-state index is 0.00435. The molecule has 0 aliphatic carbocycles. The molecule has 3 rings (SSSR count). The number of rotatable bonds is 4. The molecule has 2 aromatic carbocycles. The molecule has 27 heavy (non-hydrogen) atoms. The van der Waals surface area contributed by atoms with Crippen LogP contribution in [-0.2, 0) is 16.0 Å². The maximum Gasteiger partial charge on any atom is 0.263 e. The van der Waals surface area contributed by atoms with Gasteiger partial charge in [-0.25, -0.2) is 0 Å². The van der Waals surface area contributed by atoms with Crippen LogP contribution in [-0.4, -0.2) is 24.0 Å². The summed E-state index contributed by atoms with van der Waals surface area (Å²) in [5.74, 6) is -0.411. The number of halogens is 2. The number of hydrogen-bond donors (Lipinski definition) is 2. The number of benzene rings is 2. The third-order valence-corrected chi connectivity index (χ3v) is 5.66. The van der Waals surface area contributed by atoms with Gasteiger partial charge in [0.2, 0.25) is 0 Å². The summed E-state index contributed by atoms with van der Waals surface area (Å²) in [6, 6.07) is 11.6. The zero-order chi connectivity index (χ0) is 19.6. The largest absolute Gasteiger partial charge is 0.496 e. The van der Waals surface area contributed by atoms with Gasteiger partial charge >= 0.3 is 0 Å². The van der Waals surface area contributed by atoms with Crippen LogP contribution in [0.5, 0.6) is 5.75 Å². The molecule has 1 aliphatic heterocycles. The Hall–Kier alpha value is -2.03. The highest BCUT2D eigenvalue weighted by atomic mass is 79.9. The molecule has 0 radical (unpaired) electrons. The van der Waals surface area contributed by atoms with Crippen LogP contribution in [0.25, 0.3) is 6.08 Å². The van der Waals surface area contributed by atoms with E-state index in [1.807, 2.05) is 30.3 Å². The summed E-state index contributed by atoms with van der Waals surface area (Å²) in [5, 5.41) is 4.84. The first-order chi connectivity index (χ1) is 12.9. The summed E-state index contributed by atoms with van der Waals surface area (Å²) in [7, 11) is 1.58. The van der Waals surface area contributed by atoms with E-state index in [-0.39, 0.29) is 10.7 Å². The van der Waals surface area contributed by atoms with Gasteiger partial charge in [0.1, 0.15) is 11.3 Å². The Balaban J connectivity index is 1.98. The van der Waals surface area contributed by atoms with E-state index in [1.54, 1.807) is 13.2 Å². The molecule has 0 bridgehead atoms. The summed E-state index contributed by atoms with van der Waals surface area (Å²) in [6.07, 6.45) is 2.15. The van der Waals surface area contributed by atoms with E-state index in [0.717, 1.165) is 20.1 Å². The topological polar surface area (TPSA) is 67.4 Å². The molecule has 1 fully saturated rings. The predicted octanol–water partition coefficient (Wildman–Crippen LogP) is 3.73. The lowest BCUT2D eigenvalue weighted by Gasteiger charge is -2.17. The van der Waals surface area contributed by atoms with Crippen LogP contribution in [0.15, 0.2) is 50.9 Å². The molecule has 0 aromatic heterocycles. The van der Waals surface area contributed by atoms with Gasteiger partial charge in [0.15, 0.2) is 5.11 Å². The molecule has 0 spiro atoms. The van der Waals surface area contributed by atoms with Gasteiger partial charge in [0, 0.05) is 20.9 Å². The van der Waals surface area contributed by atoms with Gasteiger partial charge in [0.05, 0.1) is 7.11 Å². The first kappa shape index (κ1) is 19.7. The fraction of sp³-hybridized carbons (Fsp3) is 0.105. The number of carbonyl (C=O) groups is 2. The normalized spacial score (nSPS) is 13.9. The number of nitrogens with one attached hydrogen (secondary N) is 2. The van der Waals surface area contributed by atoms with E-state index >= 15 is 0 Å². The molecular weight excluding hydrogens is 496 g/mol. The second-order valence-electron chi connectivity index (χ2n) is 5.75. The quantitative estimate of drug-likeness (QED) is 0.374. The molecule has 1 saturated heterocycles. The van der Waals surface area contributed by atoms with Crippen LogP contribution in [0.3, 0.4) is 0 Å². The molecule has 2 aromatic rings. The van der Waals surface area contributed by atoms with Crippen LogP contribution in [0.2, 0.25) is 0 Å². The summed E-state index contributed by atoms with van der Waals surface area (Å²) >= 11 is 11.9. The lowest BCUT2D eigenvalue weighted by atomic mass is 10.0. The van der Waals surface area contributed by atoms with Gasteiger partial charge in [-0.05, 0) is 47.6 Å². The van der Waals surface area contributed by atoms with Crippen molar-refractivity contribution < 1.29 is 14.3 Å². The van der Waals surface area contributed by atoms with Crippen molar-refractivity contribution in [2.45, 2.75) is 6.42 Å². The number of thiocarbonyl (C=S) groups is 1. The van der Waals surface area contributed by atoms with Crippen molar-refractivity contribution in [3.8, 4) is 5.75 Å². The van der Waals surface area contributed by atoms with Crippen molar-refractivity contribution in [2.24, 2.45) is 0 Å². The monoisotopic (exact) mass is 508 g/mol. The molecule has 1 aliphatic rings. The minimum Gasteiger partial charge on any atom is -0.496 e. The Bertz CT molecular complexity index is 967. The highest BCUT2D eigenvalue weighted by Gasteiger charge is 2.26. The average Bonchev–Trinajstić information content (AvgIpc) is 2.61. The van der Waals surface area contributed by atoms with Crippen molar-refractivity contribution in [2.75, 3.05) is 7.11 Å². The van der Waals surface area contributed by atoms with E-state index in [9.17, 15) is 9.59 Å². The molecule has 8 heteroatoms. The molecule has 2 amide bonds. The Labute approximate surface area is 178 Å². The lowest BCUT2D eigenvalue weighted by Crippen LogP contribution is -2.51. The van der Waals surface area contributed by atoms with Crippen molar-refractivity contribution in [3.63, 3.8) is 0 Å². The maximum atomic E-state index is 12.0. The smallest absolute Gasteiger partial charge is 0.263 e. The SMILES string of the molecule is COc1cc(C=C2C(=O)NC(=S)NC2=O)cc(Br)c1Cc1ccccc1Br. The first-order valence-corrected chi connectivity index (χ1v) is 9.86. The van der Waals surface area contributed by atoms with Gasteiger partial charge in [-0.1, -0.05) is 50.1 Å².